The molecule has 15 heavy (non-hydrogen) atoms. The van der Waals surface area contributed by atoms with Crippen molar-refractivity contribution in [2.75, 3.05) is 5.73 Å². The Kier molecular flexibility index (Phi) is 2.03. The van der Waals surface area contributed by atoms with E-state index < -0.39 is 0 Å². The van der Waals surface area contributed by atoms with Gasteiger partial charge in [-0.2, -0.15) is 0 Å². The molecule has 0 amide bonds. The van der Waals surface area contributed by atoms with Gasteiger partial charge in [0.2, 0.25) is 0 Å². The maximum absolute atomic E-state index is 11.9. The van der Waals surface area contributed by atoms with Gasteiger partial charge in [0.25, 0.3) is 0 Å². The number of fused-ring (bicyclic) bond motifs is 1. The van der Waals surface area contributed by atoms with Crippen LogP contribution in [0.2, 0.25) is 0 Å². The maximum Gasteiger partial charge on any atom is 0.197 e. The first-order chi connectivity index (χ1) is 7.00. The first kappa shape index (κ1) is 9.77. The van der Waals surface area contributed by atoms with Crippen LogP contribution in [0.1, 0.15) is 16.7 Å². The minimum atomic E-state index is -0.0412. The number of hydrogen-bond acceptors (Lipinski definition) is 3. The summed E-state index contributed by atoms with van der Waals surface area (Å²) < 4.78 is 5.44. The summed E-state index contributed by atoms with van der Waals surface area (Å²) in [6, 6.07) is 3.81. The minimum absolute atomic E-state index is 0.0412. The van der Waals surface area contributed by atoms with Crippen LogP contribution in [0.3, 0.4) is 0 Å². The van der Waals surface area contributed by atoms with Crippen molar-refractivity contribution in [2.24, 2.45) is 0 Å². The van der Waals surface area contributed by atoms with Gasteiger partial charge in [0.05, 0.1) is 10.9 Å². The predicted octanol–water partition coefficient (Wildman–Crippen LogP) is 2.30. The topological polar surface area (TPSA) is 56.2 Å². The van der Waals surface area contributed by atoms with Gasteiger partial charge in [-0.15, -0.1) is 0 Å². The lowest BCUT2D eigenvalue weighted by Gasteiger charge is -2.05. The van der Waals surface area contributed by atoms with E-state index in [4.69, 9.17) is 10.2 Å². The van der Waals surface area contributed by atoms with Crippen molar-refractivity contribution in [3.05, 3.63) is 39.0 Å². The number of hydrogen-bond donors (Lipinski definition) is 1. The van der Waals surface area contributed by atoms with Gasteiger partial charge in [0.1, 0.15) is 5.58 Å². The van der Waals surface area contributed by atoms with E-state index >= 15 is 0 Å². The fourth-order valence-corrected chi connectivity index (χ4v) is 1.76. The fourth-order valence-electron chi connectivity index (χ4n) is 1.76. The van der Waals surface area contributed by atoms with Gasteiger partial charge < -0.3 is 10.2 Å². The molecule has 0 saturated heterocycles. The van der Waals surface area contributed by atoms with E-state index in [1.807, 2.05) is 26.0 Å². The summed E-state index contributed by atoms with van der Waals surface area (Å²) in [5, 5.41) is 0.610. The number of nitrogen functional groups attached to an aromatic ring is 1. The summed E-state index contributed by atoms with van der Waals surface area (Å²) in [6.45, 7) is 5.54. The Hall–Kier alpha value is -1.77. The van der Waals surface area contributed by atoms with E-state index in [-0.39, 0.29) is 11.3 Å². The van der Waals surface area contributed by atoms with Crippen LogP contribution in [0.15, 0.2) is 21.3 Å². The van der Waals surface area contributed by atoms with Gasteiger partial charge in [-0.1, -0.05) is 6.07 Å². The van der Waals surface area contributed by atoms with Gasteiger partial charge >= 0.3 is 0 Å². The molecule has 0 saturated carbocycles. The number of anilines is 1. The van der Waals surface area contributed by atoms with Crippen LogP contribution in [0.5, 0.6) is 0 Å². The third-order valence-electron chi connectivity index (χ3n) is 2.59. The molecule has 78 valence electrons. The summed E-state index contributed by atoms with van der Waals surface area (Å²) in [4.78, 5) is 11.9. The van der Waals surface area contributed by atoms with Gasteiger partial charge in [0, 0.05) is 0 Å². The molecule has 0 bridgehead atoms. The highest BCUT2D eigenvalue weighted by atomic mass is 16.3. The molecule has 1 aromatic heterocycles. The zero-order valence-corrected chi connectivity index (χ0v) is 9.05. The third-order valence-corrected chi connectivity index (χ3v) is 2.59. The highest BCUT2D eigenvalue weighted by molar-refractivity contribution is 5.82. The Bertz CT molecular complexity index is 597. The second-order valence-electron chi connectivity index (χ2n) is 3.88. The number of nitrogens with two attached hydrogens (primary N) is 1. The van der Waals surface area contributed by atoms with Crippen LogP contribution < -0.4 is 11.2 Å². The van der Waals surface area contributed by atoms with Crippen molar-refractivity contribution in [1.82, 2.24) is 0 Å². The summed E-state index contributed by atoms with van der Waals surface area (Å²) in [6.07, 6.45) is 0. The van der Waals surface area contributed by atoms with Crippen molar-refractivity contribution >= 4 is 16.9 Å². The van der Waals surface area contributed by atoms with Crippen molar-refractivity contribution in [3.8, 4) is 0 Å². The summed E-state index contributed by atoms with van der Waals surface area (Å²) >= 11 is 0. The molecule has 0 aliphatic rings. The molecule has 1 aromatic carbocycles. The summed E-state index contributed by atoms with van der Waals surface area (Å²) in [5.74, 6) is 0.208. The van der Waals surface area contributed by atoms with Crippen LogP contribution >= 0.6 is 0 Å². The van der Waals surface area contributed by atoms with E-state index in [1.165, 1.54) is 0 Å². The predicted molar refractivity (Wildman–Crippen MR) is 61.1 cm³/mol. The Morgan fingerprint density at radius 2 is 1.87 bits per heavy atom. The average Bonchev–Trinajstić information content (AvgIpc) is 2.17. The van der Waals surface area contributed by atoms with E-state index in [9.17, 15) is 4.79 Å². The largest absolute Gasteiger partial charge is 0.440 e. The van der Waals surface area contributed by atoms with Gasteiger partial charge in [-0.05, 0) is 38.0 Å². The molecular weight excluding hydrogens is 190 g/mol. The molecule has 2 N–H and O–H groups in total. The average molecular weight is 203 g/mol. The Balaban J connectivity index is 3.06. The molecule has 3 heteroatoms. The van der Waals surface area contributed by atoms with E-state index in [0.29, 0.717) is 16.5 Å². The molecule has 0 radical (unpaired) electrons. The van der Waals surface area contributed by atoms with Crippen LogP contribution in [0.4, 0.5) is 5.88 Å². The molecule has 0 atom stereocenters. The Labute approximate surface area is 87.5 Å². The molecule has 3 nitrogen and oxygen atoms in total. The highest BCUT2D eigenvalue weighted by Crippen LogP contribution is 2.21. The summed E-state index contributed by atoms with van der Waals surface area (Å²) in [5.41, 5.74) is 8.65. The first-order valence-electron chi connectivity index (χ1n) is 4.81. The smallest absolute Gasteiger partial charge is 0.197 e. The number of rotatable bonds is 0. The zero-order chi connectivity index (χ0) is 11.2. The highest BCUT2D eigenvalue weighted by Gasteiger charge is 2.10. The molecule has 0 aliphatic carbocycles. The lowest BCUT2D eigenvalue weighted by Crippen LogP contribution is -2.09. The van der Waals surface area contributed by atoms with Gasteiger partial charge in [0.15, 0.2) is 11.3 Å². The minimum Gasteiger partial charge on any atom is -0.440 e. The molecular formula is C12H13NO2. The van der Waals surface area contributed by atoms with Crippen LogP contribution in [0.25, 0.3) is 11.0 Å². The molecule has 0 spiro atoms. The molecule has 0 fully saturated rings. The second kappa shape index (κ2) is 3.12. The molecule has 2 aromatic rings. The fraction of sp³-hybridized carbons (Fsp3) is 0.250. The van der Waals surface area contributed by atoms with Crippen molar-refractivity contribution in [2.45, 2.75) is 20.8 Å². The lowest BCUT2D eigenvalue weighted by atomic mass is 10.1. The third kappa shape index (κ3) is 1.40. The van der Waals surface area contributed by atoms with Crippen LogP contribution in [-0.2, 0) is 0 Å². The van der Waals surface area contributed by atoms with Gasteiger partial charge in [-0.3, -0.25) is 4.79 Å². The Morgan fingerprint density at radius 3 is 2.53 bits per heavy atom. The second-order valence-corrected chi connectivity index (χ2v) is 3.88. The number of benzene rings is 1. The molecule has 0 aliphatic heterocycles. The van der Waals surface area contributed by atoms with Crippen molar-refractivity contribution in [3.63, 3.8) is 0 Å². The quantitative estimate of drug-likeness (QED) is 0.714. The maximum atomic E-state index is 11.9. The zero-order valence-electron chi connectivity index (χ0n) is 9.05. The van der Waals surface area contributed by atoms with Crippen LogP contribution in [-0.4, -0.2) is 0 Å². The summed E-state index contributed by atoms with van der Waals surface area (Å²) in [7, 11) is 0. The molecule has 2 rings (SSSR count). The van der Waals surface area contributed by atoms with Crippen LogP contribution in [0, 0.1) is 20.8 Å². The standard InChI is InChI=1S/C12H13NO2/c1-6-4-7(2)11-9(5-6)10(14)8(3)12(13)15-11/h4-5H,13H2,1-3H3. The van der Waals surface area contributed by atoms with E-state index in [0.717, 1.165) is 11.1 Å². The SMILES string of the molecule is Cc1cc(C)c2oc(N)c(C)c(=O)c2c1. The molecule has 0 unspecified atom stereocenters. The van der Waals surface area contributed by atoms with E-state index in [2.05, 4.69) is 0 Å². The van der Waals surface area contributed by atoms with Gasteiger partial charge in [-0.25, -0.2) is 0 Å². The van der Waals surface area contributed by atoms with Crippen molar-refractivity contribution < 1.29 is 4.42 Å². The lowest BCUT2D eigenvalue weighted by molar-refractivity contribution is 0.617. The molecule has 1 heterocycles. The van der Waals surface area contributed by atoms with Crippen molar-refractivity contribution in [1.29, 1.82) is 0 Å². The monoisotopic (exact) mass is 203 g/mol. The first-order valence-corrected chi connectivity index (χ1v) is 4.81. The Morgan fingerprint density at radius 1 is 1.20 bits per heavy atom. The normalized spacial score (nSPS) is 10.9. The number of aryl methyl sites for hydroxylation is 2. The van der Waals surface area contributed by atoms with E-state index in [1.54, 1.807) is 6.92 Å².